The van der Waals surface area contributed by atoms with Gasteiger partial charge >= 0.3 is 5.69 Å². The van der Waals surface area contributed by atoms with Gasteiger partial charge in [0.25, 0.3) is 0 Å². The predicted molar refractivity (Wildman–Crippen MR) is 100 cm³/mol. The predicted octanol–water partition coefficient (Wildman–Crippen LogP) is 3.36. The van der Waals surface area contributed by atoms with Crippen LogP contribution in [0.1, 0.15) is 4.88 Å². The fraction of sp³-hybridized carbons (Fsp3) is 0.188. The number of nitro benzene ring substituents is 1. The van der Waals surface area contributed by atoms with Gasteiger partial charge in [-0.15, -0.1) is 21.5 Å². The summed E-state index contributed by atoms with van der Waals surface area (Å²) in [5.41, 5.74) is -0.526. The summed E-state index contributed by atoms with van der Waals surface area (Å²) in [6, 6.07) is 7.25. The molecule has 11 heteroatoms. The summed E-state index contributed by atoms with van der Waals surface area (Å²) in [6.45, 7) is 0.696. The molecule has 27 heavy (non-hydrogen) atoms. The zero-order valence-electron chi connectivity index (χ0n) is 13.9. The number of carbonyl (C=O) groups is 1. The SMILES string of the molecule is O=C(CSc1nncn1CCc1cccs1)Nc1ccc(F)c([N+](=O)[O-])c1. The minimum absolute atomic E-state index is 0.0445. The van der Waals surface area contributed by atoms with Crippen molar-refractivity contribution in [2.45, 2.75) is 18.1 Å². The lowest BCUT2D eigenvalue weighted by atomic mass is 10.2. The van der Waals surface area contributed by atoms with E-state index < -0.39 is 16.4 Å². The molecular weight excluding hydrogens is 393 g/mol. The fourth-order valence-corrected chi connectivity index (χ4v) is 3.69. The molecule has 8 nitrogen and oxygen atoms in total. The summed E-state index contributed by atoms with van der Waals surface area (Å²) in [5.74, 6) is -1.29. The van der Waals surface area contributed by atoms with Crippen LogP contribution in [0.3, 0.4) is 0 Å². The molecule has 0 aliphatic rings. The number of nitrogens with zero attached hydrogens (tertiary/aromatic N) is 4. The van der Waals surface area contributed by atoms with E-state index in [-0.39, 0.29) is 17.3 Å². The molecule has 0 aliphatic heterocycles. The van der Waals surface area contributed by atoms with Crippen molar-refractivity contribution in [1.82, 2.24) is 14.8 Å². The number of aryl methyl sites for hydroxylation is 2. The lowest BCUT2D eigenvalue weighted by molar-refractivity contribution is -0.387. The number of hydrogen-bond acceptors (Lipinski definition) is 7. The van der Waals surface area contributed by atoms with E-state index in [0.717, 1.165) is 18.6 Å². The number of halogens is 1. The number of nitrogens with one attached hydrogen (secondary N) is 1. The van der Waals surface area contributed by atoms with Crippen molar-refractivity contribution < 1.29 is 14.1 Å². The molecule has 0 fully saturated rings. The van der Waals surface area contributed by atoms with Gasteiger partial charge in [-0.05, 0) is 30.0 Å². The fourth-order valence-electron chi connectivity index (χ4n) is 2.25. The molecule has 1 N–H and O–H groups in total. The summed E-state index contributed by atoms with van der Waals surface area (Å²) in [7, 11) is 0. The van der Waals surface area contributed by atoms with Crippen LogP contribution < -0.4 is 5.32 Å². The van der Waals surface area contributed by atoms with Gasteiger partial charge in [0, 0.05) is 23.2 Å². The molecule has 0 saturated heterocycles. The molecule has 3 rings (SSSR count). The Kier molecular flexibility index (Phi) is 6.14. The number of nitro groups is 1. The van der Waals surface area contributed by atoms with Crippen LogP contribution in [0.15, 0.2) is 47.2 Å². The van der Waals surface area contributed by atoms with Crippen molar-refractivity contribution in [3.8, 4) is 0 Å². The standard InChI is InChI=1S/C16H14FN5O3S2/c17-13-4-3-11(8-14(13)22(24)25)19-15(23)9-27-16-20-18-10-21(16)6-5-12-2-1-7-26-12/h1-4,7-8,10H,5-6,9H2,(H,19,23). The quantitative estimate of drug-likeness (QED) is 0.349. The third-order valence-corrected chi connectivity index (χ3v) is 5.44. The second-order valence-corrected chi connectivity index (χ2v) is 7.37. The van der Waals surface area contributed by atoms with E-state index in [4.69, 9.17) is 0 Å². The van der Waals surface area contributed by atoms with E-state index in [1.54, 1.807) is 17.7 Å². The smallest absolute Gasteiger partial charge is 0.306 e. The summed E-state index contributed by atoms with van der Waals surface area (Å²) >= 11 is 2.88. The van der Waals surface area contributed by atoms with Crippen LogP contribution in [0.4, 0.5) is 15.8 Å². The molecule has 0 saturated carbocycles. The first-order valence-electron chi connectivity index (χ1n) is 7.79. The van der Waals surface area contributed by atoms with E-state index >= 15 is 0 Å². The maximum Gasteiger partial charge on any atom is 0.306 e. The van der Waals surface area contributed by atoms with Crippen molar-refractivity contribution in [2.75, 3.05) is 11.1 Å². The number of carbonyl (C=O) groups excluding carboxylic acids is 1. The number of rotatable bonds is 8. The first kappa shape index (κ1) is 19.0. The van der Waals surface area contributed by atoms with Gasteiger partial charge in [-0.3, -0.25) is 14.9 Å². The van der Waals surface area contributed by atoms with Gasteiger partial charge in [-0.25, -0.2) is 0 Å². The molecule has 140 valence electrons. The molecule has 1 aromatic carbocycles. The van der Waals surface area contributed by atoms with Crippen molar-refractivity contribution in [1.29, 1.82) is 0 Å². The third-order valence-electron chi connectivity index (χ3n) is 3.52. The van der Waals surface area contributed by atoms with Gasteiger partial charge < -0.3 is 9.88 Å². The van der Waals surface area contributed by atoms with E-state index in [1.165, 1.54) is 22.7 Å². The van der Waals surface area contributed by atoms with Crippen LogP contribution in [0.5, 0.6) is 0 Å². The molecule has 0 aliphatic carbocycles. The second-order valence-electron chi connectivity index (χ2n) is 5.40. The number of aromatic nitrogens is 3. The summed E-state index contributed by atoms with van der Waals surface area (Å²) < 4.78 is 15.2. The van der Waals surface area contributed by atoms with Gasteiger partial charge in [-0.1, -0.05) is 17.8 Å². The Morgan fingerprint density at radius 1 is 1.41 bits per heavy atom. The Hall–Kier alpha value is -2.79. The highest BCUT2D eigenvalue weighted by molar-refractivity contribution is 7.99. The highest BCUT2D eigenvalue weighted by atomic mass is 32.2. The minimum Gasteiger partial charge on any atom is -0.325 e. The average molecular weight is 407 g/mol. The molecule has 2 heterocycles. The first-order valence-corrected chi connectivity index (χ1v) is 9.66. The maximum absolute atomic E-state index is 13.3. The number of benzene rings is 1. The third kappa shape index (κ3) is 5.11. The molecule has 3 aromatic rings. The van der Waals surface area contributed by atoms with Crippen molar-refractivity contribution in [2.24, 2.45) is 0 Å². The van der Waals surface area contributed by atoms with Gasteiger partial charge in [0.15, 0.2) is 5.16 Å². The molecule has 0 bridgehead atoms. The number of thioether (sulfide) groups is 1. The zero-order chi connectivity index (χ0) is 19.2. The van der Waals surface area contributed by atoms with E-state index in [0.29, 0.717) is 11.7 Å². The van der Waals surface area contributed by atoms with Gasteiger partial charge in [-0.2, -0.15) is 4.39 Å². The number of thiophene rings is 1. The van der Waals surface area contributed by atoms with E-state index in [9.17, 15) is 19.3 Å². The Morgan fingerprint density at radius 2 is 2.26 bits per heavy atom. The largest absolute Gasteiger partial charge is 0.325 e. The van der Waals surface area contributed by atoms with Gasteiger partial charge in [0.1, 0.15) is 6.33 Å². The maximum atomic E-state index is 13.3. The van der Waals surface area contributed by atoms with Crippen LogP contribution in [-0.2, 0) is 17.8 Å². The molecule has 0 atom stereocenters. The van der Waals surface area contributed by atoms with Crippen LogP contribution >= 0.6 is 23.1 Å². The lowest BCUT2D eigenvalue weighted by Gasteiger charge is -2.07. The van der Waals surface area contributed by atoms with Crippen LogP contribution in [-0.4, -0.2) is 31.3 Å². The average Bonchev–Trinajstić information content (AvgIpc) is 3.31. The highest BCUT2D eigenvalue weighted by Gasteiger charge is 2.16. The van der Waals surface area contributed by atoms with Crippen molar-refractivity contribution in [3.63, 3.8) is 0 Å². The first-order chi connectivity index (χ1) is 13.0. The Labute approximate surface area is 161 Å². The van der Waals surface area contributed by atoms with Crippen molar-refractivity contribution >= 4 is 40.4 Å². The van der Waals surface area contributed by atoms with E-state index in [2.05, 4.69) is 21.6 Å². The van der Waals surface area contributed by atoms with Crippen LogP contribution in [0.25, 0.3) is 0 Å². The Balaban J connectivity index is 1.55. The number of hydrogen-bond donors (Lipinski definition) is 1. The molecule has 0 spiro atoms. The molecular formula is C16H14FN5O3S2. The van der Waals surface area contributed by atoms with Crippen LogP contribution in [0.2, 0.25) is 0 Å². The monoisotopic (exact) mass is 407 g/mol. The minimum atomic E-state index is -0.953. The molecule has 0 unspecified atom stereocenters. The summed E-state index contributed by atoms with van der Waals surface area (Å²) in [6.07, 6.45) is 2.45. The highest BCUT2D eigenvalue weighted by Crippen LogP contribution is 2.22. The van der Waals surface area contributed by atoms with Crippen molar-refractivity contribution in [3.05, 3.63) is 62.8 Å². The number of amides is 1. The second kappa shape index (κ2) is 8.73. The summed E-state index contributed by atoms with van der Waals surface area (Å²) in [5, 5.41) is 23.8. The Morgan fingerprint density at radius 3 is 3.00 bits per heavy atom. The zero-order valence-corrected chi connectivity index (χ0v) is 15.5. The lowest BCUT2D eigenvalue weighted by Crippen LogP contribution is -2.15. The van der Waals surface area contributed by atoms with Gasteiger partial charge in [0.05, 0.1) is 10.7 Å². The number of anilines is 1. The molecule has 1 amide bonds. The Bertz CT molecular complexity index is 945. The summed E-state index contributed by atoms with van der Waals surface area (Å²) in [4.78, 5) is 23.2. The molecule has 2 aromatic heterocycles. The van der Waals surface area contributed by atoms with Crippen LogP contribution in [0, 0.1) is 15.9 Å². The molecule has 0 radical (unpaired) electrons. The normalized spacial score (nSPS) is 10.7. The van der Waals surface area contributed by atoms with E-state index in [1.807, 2.05) is 16.0 Å². The topological polar surface area (TPSA) is 103 Å². The van der Waals surface area contributed by atoms with Gasteiger partial charge in [0.2, 0.25) is 11.7 Å².